The molecule has 0 spiro atoms. The molecule has 2 unspecified atom stereocenters. The van der Waals surface area contributed by atoms with Gasteiger partial charge in [0.1, 0.15) is 11.5 Å². The maximum absolute atomic E-state index is 5.79. The van der Waals surface area contributed by atoms with Gasteiger partial charge in [-0.05, 0) is 49.4 Å². The Labute approximate surface area is 127 Å². The Balaban J connectivity index is 2.29. The smallest absolute Gasteiger partial charge is 0.122 e. The largest absolute Gasteiger partial charge is 0.497 e. The third-order valence-corrected chi connectivity index (χ3v) is 4.03. The second-order valence-electron chi connectivity index (χ2n) is 5.62. The minimum atomic E-state index is 0.173. The van der Waals surface area contributed by atoms with E-state index in [0.29, 0.717) is 5.92 Å². The highest BCUT2D eigenvalue weighted by Gasteiger charge is 2.37. The average Bonchev–Trinajstić information content (AvgIpc) is 3.35. The minimum absolute atomic E-state index is 0.173. The summed E-state index contributed by atoms with van der Waals surface area (Å²) in [5.74, 6) is 2.29. The predicted molar refractivity (Wildman–Crippen MR) is 84.1 cm³/mol. The molecule has 1 fully saturated rings. The zero-order valence-electron chi connectivity index (χ0n) is 13.5. The van der Waals surface area contributed by atoms with Crippen LogP contribution in [-0.2, 0) is 4.74 Å². The Kier molecular flexibility index (Phi) is 5.88. The van der Waals surface area contributed by atoms with E-state index < -0.39 is 0 Å². The Hall–Kier alpha value is -1.26. The highest BCUT2D eigenvalue weighted by molar-refractivity contribution is 5.40. The van der Waals surface area contributed by atoms with Gasteiger partial charge in [0, 0.05) is 13.2 Å². The lowest BCUT2D eigenvalue weighted by Gasteiger charge is -2.28. The zero-order valence-corrected chi connectivity index (χ0v) is 13.5. The third-order valence-electron chi connectivity index (χ3n) is 4.03. The summed E-state index contributed by atoms with van der Waals surface area (Å²) in [6.07, 6.45) is 3.81. The van der Waals surface area contributed by atoms with Crippen molar-refractivity contribution in [3.8, 4) is 11.5 Å². The Morgan fingerprint density at radius 1 is 1.10 bits per heavy atom. The maximum atomic E-state index is 5.79. The Morgan fingerprint density at radius 2 is 1.71 bits per heavy atom. The molecule has 1 aromatic rings. The molecule has 2 atom stereocenters. The zero-order chi connectivity index (χ0) is 15.2. The van der Waals surface area contributed by atoms with E-state index in [0.717, 1.165) is 24.5 Å². The summed E-state index contributed by atoms with van der Waals surface area (Å²) in [6.45, 7) is 3.14. The van der Waals surface area contributed by atoms with E-state index in [4.69, 9.17) is 14.2 Å². The predicted octanol–water partition coefficient (Wildman–Crippen LogP) is 3.17. The molecular formula is C17H27NO3. The lowest BCUT2D eigenvalue weighted by Crippen LogP contribution is -2.35. The molecule has 0 heterocycles. The number of rotatable bonds is 9. The molecule has 1 N–H and O–H groups in total. The number of benzene rings is 1. The molecule has 1 saturated carbocycles. The van der Waals surface area contributed by atoms with Gasteiger partial charge in [-0.25, -0.2) is 0 Å². The van der Waals surface area contributed by atoms with Gasteiger partial charge in [0.25, 0.3) is 0 Å². The average molecular weight is 293 g/mol. The first kappa shape index (κ1) is 16.1. The van der Waals surface area contributed by atoms with E-state index in [-0.39, 0.29) is 12.1 Å². The number of ether oxygens (including phenoxy) is 3. The van der Waals surface area contributed by atoms with Gasteiger partial charge >= 0.3 is 0 Å². The van der Waals surface area contributed by atoms with Gasteiger partial charge in [0.2, 0.25) is 0 Å². The number of nitrogens with one attached hydrogen (secondary N) is 1. The summed E-state index contributed by atoms with van der Waals surface area (Å²) in [7, 11) is 5.17. The van der Waals surface area contributed by atoms with E-state index in [1.54, 1.807) is 21.3 Å². The summed E-state index contributed by atoms with van der Waals surface area (Å²) in [5.41, 5.74) is 1.17. The molecule has 0 bridgehead atoms. The second kappa shape index (κ2) is 7.66. The fraction of sp³-hybridized carbons (Fsp3) is 0.647. The van der Waals surface area contributed by atoms with Crippen LogP contribution < -0.4 is 14.8 Å². The highest BCUT2D eigenvalue weighted by atomic mass is 16.5. The van der Waals surface area contributed by atoms with Crippen molar-refractivity contribution < 1.29 is 14.2 Å². The molecule has 0 amide bonds. The standard InChI is InChI=1S/C17H27NO3/c1-5-8-18-16(17(21-4)12-6-7-12)13-9-14(19-2)11-15(10-13)20-3/h9-12,16-18H,5-8H2,1-4H3. The fourth-order valence-corrected chi connectivity index (χ4v) is 2.76. The topological polar surface area (TPSA) is 39.7 Å². The molecule has 4 nitrogen and oxygen atoms in total. The van der Waals surface area contributed by atoms with Crippen LogP contribution in [0.4, 0.5) is 0 Å². The van der Waals surface area contributed by atoms with Crippen molar-refractivity contribution in [2.24, 2.45) is 5.92 Å². The van der Waals surface area contributed by atoms with Gasteiger partial charge in [-0.3, -0.25) is 0 Å². The quantitative estimate of drug-likeness (QED) is 0.759. The number of methoxy groups -OCH3 is 3. The van der Waals surface area contributed by atoms with E-state index in [1.807, 2.05) is 6.07 Å². The first-order valence-electron chi connectivity index (χ1n) is 7.72. The molecule has 0 aromatic heterocycles. The van der Waals surface area contributed by atoms with Crippen molar-refractivity contribution >= 4 is 0 Å². The van der Waals surface area contributed by atoms with Gasteiger partial charge in [0.15, 0.2) is 0 Å². The monoisotopic (exact) mass is 293 g/mol. The number of hydrogen-bond donors (Lipinski definition) is 1. The van der Waals surface area contributed by atoms with E-state index in [2.05, 4.69) is 24.4 Å². The lowest BCUT2D eigenvalue weighted by atomic mass is 9.97. The van der Waals surface area contributed by atoms with Crippen LogP contribution in [0.15, 0.2) is 18.2 Å². The second-order valence-corrected chi connectivity index (χ2v) is 5.62. The van der Waals surface area contributed by atoms with Crippen LogP contribution in [0.2, 0.25) is 0 Å². The molecule has 1 aliphatic carbocycles. The van der Waals surface area contributed by atoms with E-state index in [1.165, 1.54) is 18.4 Å². The summed E-state index contributed by atoms with van der Waals surface area (Å²) >= 11 is 0. The van der Waals surface area contributed by atoms with Crippen molar-refractivity contribution in [2.45, 2.75) is 38.3 Å². The van der Waals surface area contributed by atoms with Crippen molar-refractivity contribution in [1.82, 2.24) is 5.32 Å². The highest BCUT2D eigenvalue weighted by Crippen LogP contribution is 2.41. The van der Waals surface area contributed by atoms with Gasteiger partial charge < -0.3 is 19.5 Å². The van der Waals surface area contributed by atoms with Crippen molar-refractivity contribution in [3.63, 3.8) is 0 Å². The maximum Gasteiger partial charge on any atom is 0.122 e. The first-order chi connectivity index (χ1) is 10.2. The summed E-state index contributed by atoms with van der Waals surface area (Å²) in [6, 6.07) is 6.22. The van der Waals surface area contributed by atoms with E-state index in [9.17, 15) is 0 Å². The van der Waals surface area contributed by atoms with Crippen molar-refractivity contribution in [3.05, 3.63) is 23.8 Å². The summed E-state index contributed by atoms with van der Waals surface area (Å²) in [4.78, 5) is 0. The van der Waals surface area contributed by atoms with Gasteiger partial charge in [-0.15, -0.1) is 0 Å². The van der Waals surface area contributed by atoms with Crippen LogP contribution in [0.1, 0.15) is 37.8 Å². The van der Waals surface area contributed by atoms with Crippen LogP contribution in [0.25, 0.3) is 0 Å². The fourth-order valence-electron chi connectivity index (χ4n) is 2.76. The molecule has 4 heteroatoms. The number of hydrogen-bond acceptors (Lipinski definition) is 4. The van der Waals surface area contributed by atoms with Crippen molar-refractivity contribution in [1.29, 1.82) is 0 Å². The first-order valence-corrected chi connectivity index (χ1v) is 7.72. The van der Waals surface area contributed by atoms with Crippen molar-refractivity contribution in [2.75, 3.05) is 27.9 Å². The van der Waals surface area contributed by atoms with Crippen LogP contribution in [-0.4, -0.2) is 34.0 Å². The van der Waals surface area contributed by atoms with Crippen LogP contribution in [0.3, 0.4) is 0 Å². The van der Waals surface area contributed by atoms with E-state index >= 15 is 0 Å². The molecule has 0 aliphatic heterocycles. The normalized spacial score (nSPS) is 17.3. The molecule has 21 heavy (non-hydrogen) atoms. The third kappa shape index (κ3) is 4.11. The van der Waals surface area contributed by atoms with Crippen LogP contribution in [0.5, 0.6) is 11.5 Å². The van der Waals surface area contributed by atoms with Crippen LogP contribution in [0, 0.1) is 5.92 Å². The molecule has 1 aliphatic rings. The van der Waals surface area contributed by atoms with Gasteiger partial charge in [-0.2, -0.15) is 0 Å². The molecule has 2 rings (SSSR count). The molecule has 0 radical (unpaired) electrons. The molecular weight excluding hydrogens is 266 g/mol. The summed E-state index contributed by atoms with van der Waals surface area (Å²) < 4.78 is 16.6. The summed E-state index contributed by atoms with van der Waals surface area (Å²) in [5, 5.41) is 3.62. The van der Waals surface area contributed by atoms with Gasteiger partial charge in [0.05, 0.1) is 26.4 Å². The van der Waals surface area contributed by atoms with Gasteiger partial charge in [-0.1, -0.05) is 6.92 Å². The van der Waals surface area contributed by atoms with Crippen LogP contribution >= 0.6 is 0 Å². The SMILES string of the molecule is CCCNC(c1cc(OC)cc(OC)c1)C(OC)C1CC1. The Bertz CT molecular complexity index is 423. The Morgan fingerprint density at radius 3 is 2.14 bits per heavy atom. The molecule has 118 valence electrons. The minimum Gasteiger partial charge on any atom is -0.497 e. The lowest BCUT2D eigenvalue weighted by molar-refractivity contribution is 0.0506. The molecule has 0 saturated heterocycles. The molecule has 1 aromatic carbocycles.